The molecule has 6 rings (SSSR count). The average Bonchev–Trinajstić information content (AvgIpc) is 2.67. The van der Waals surface area contributed by atoms with E-state index in [2.05, 4.69) is 39.8 Å². The average molecular weight is 370 g/mol. The van der Waals surface area contributed by atoms with E-state index in [9.17, 15) is 0 Å². The molecule has 1 aliphatic heterocycles. The van der Waals surface area contributed by atoms with E-state index in [4.69, 9.17) is 4.74 Å². The topological polar surface area (TPSA) is 36.5 Å². The van der Waals surface area contributed by atoms with Gasteiger partial charge in [-0.05, 0) is 73.8 Å². The van der Waals surface area contributed by atoms with E-state index in [1.165, 1.54) is 56.4 Å². The van der Waals surface area contributed by atoms with Crippen LogP contribution in [0.15, 0.2) is 24.3 Å². The summed E-state index contributed by atoms with van der Waals surface area (Å²) in [5, 5.41) is 7.54. The van der Waals surface area contributed by atoms with Crippen LogP contribution < -0.4 is 10.6 Å². The number of benzene rings is 1. The second-order valence-corrected chi connectivity index (χ2v) is 9.70. The van der Waals surface area contributed by atoms with Gasteiger partial charge in [-0.2, -0.15) is 0 Å². The zero-order valence-corrected chi connectivity index (χ0v) is 16.6. The molecule has 4 saturated carbocycles. The predicted octanol–water partition coefficient (Wildman–Crippen LogP) is 4.06. The largest absolute Gasteiger partial charge is 0.383 e. The number of nitrogens with one attached hydrogen (secondary N) is 2. The molecule has 1 saturated heterocycles. The summed E-state index contributed by atoms with van der Waals surface area (Å²) in [5.74, 6) is 3.08. The highest BCUT2D eigenvalue weighted by Gasteiger charge is 2.50. The normalized spacial score (nSPS) is 35.3. The van der Waals surface area contributed by atoms with E-state index in [0.717, 1.165) is 57.1 Å². The molecule has 148 valence electrons. The molecule has 1 heterocycles. The van der Waals surface area contributed by atoms with Crippen LogP contribution in [0.2, 0.25) is 0 Å². The summed E-state index contributed by atoms with van der Waals surface area (Å²) in [4.78, 5) is 2.49. The standard InChI is InChI=1S/C23H35N3O/c1-2-4-22(21(3-1)24-5-6-26-7-9-27-10-8-26)25-17-23-14-18-11-19(15-23)13-20(12-18)16-23/h1-4,18-20,24-25H,5-17H2. The quantitative estimate of drug-likeness (QED) is 0.760. The third kappa shape index (κ3) is 3.97. The minimum atomic E-state index is 0.579. The SMILES string of the molecule is c1ccc(NCC23CC4CC(CC(C4)C2)C3)c(NCCN2CCOCC2)c1. The summed E-state index contributed by atoms with van der Waals surface area (Å²) in [6, 6.07) is 8.78. The molecular formula is C23H35N3O. The first-order valence-corrected chi connectivity index (χ1v) is 11.1. The number of morpholine rings is 1. The lowest BCUT2D eigenvalue weighted by Gasteiger charge is -2.57. The second-order valence-electron chi connectivity index (χ2n) is 9.70. The Morgan fingerprint density at radius 1 is 0.889 bits per heavy atom. The molecule has 27 heavy (non-hydrogen) atoms. The summed E-state index contributed by atoms with van der Waals surface area (Å²) in [5.41, 5.74) is 3.13. The van der Waals surface area contributed by atoms with Gasteiger partial charge in [0.15, 0.2) is 0 Å². The Balaban J connectivity index is 1.17. The second kappa shape index (κ2) is 7.63. The van der Waals surface area contributed by atoms with E-state index in [1.54, 1.807) is 0 Å². The lowest BCUT2D eigenvalue weighted by Crippen LogP contribution is -2.49. The molecule has 4 aliphatic carbocycles. The molecule has 0 radical (unpaired) electrons. The molecule has 1 aromatic rings. The first-order chi connectivity index (χ1) is 13.3. The van der Waals surface area contributed by atoms with Crippen LogP contribution in [0.3, 0.4) is 0 Å². The molecule has 4 bridgehead atoms. The van der Waals surface area contributed by atoms with Crippen LogP contribution in [0.5, 0.6) is 0 Å². The van der Waals surface area contributed by atoms with E-state index in [1.807, 2.05) is 0 Å². The number of hydrogen-bond acceptors (Lipinski definition) is 4. The van der Waals surface area contributed by atoms with Gasteiger partial charge in [0.1, 0.15) is 0 Å². The van der Waals surface area contributed by atoms with Crippen molar-refractivity contribution in [2.75, 3.05) is 56.6 Å². The van der Waals surface area contributed by atoms with Gasteiger partial charge in [0.05, 0.1) is 24.6 Å². The Bertz CT molecular complexity index is 605. The molecule has 0 atom stereocenters. The zero-order chi connectivity index (χ0) is 18.1. The van der Waals surface area contributed by atoms with Gasteiger partial charge in [-0.15, -0.1) is 0 Å². The van der Waals surface area contributed by atoms with Crippen LogP contribution in [0.1, 0.15) is 38.5 Å². The number of rotatable bonds is 7. The van der Waals surface area contributed by atoms with Gasteiger partial charge in [-0.3, -0.25) is 4.90 Å². The van der Waals surface area contributed by atoms with Crippen molar-refractivity contribution in [2.45, 2.75) is 38.5 Å². The maximum absolute atomic E-state index is 5.44. The third-order valence-corrected chi connectivity index (χ3v) is 7.59. The summed E-state index contributed by atoms with van der Waals surface area (Å²) < 4.78 is 5.44. The number of hydrogen-bond donors (Lipinski definition) is 2. The molecule has 0 spiro atoms. The monoisotopic (exact) mass is 369 g/mol. The van der Waals surface area contributed by atoms with Gasteiger partial charge in [-0.25, -0.2) is 0 Å². The summed E-state index contributed by atoms with van der Waals surface area (Å²) >= 11 is 0. The minimum Gasteiger partial charge on any atom is -0.383 e. The lowest BCUT2D eigenvalue weighted by molar-refractivity contribution is -0.0444. The van der Waals surface area contributed by atoms with Crippen LogP contribution in [-0.4, -0.2) is 50.8 Å². The molecule has 2 N–H and O–H groups in total. The molecule has 5 aliphatic rings. The van der Waals surface area contributed by atoms with Crippen molar-refractivity contribution in [3.63, 3.8) is 0 Å². The van der Waals surface area contributed by atoms with Gasteiger partial charge >= 0.3 is 0 Å². The molecule has 4 heteroatoms. The van der Waals surface area contributed by atoms with Gasteiger partial charge in [-0.1, -0.05) is 12.1 Å². The van der Waals surface area contributed by atoms with Gasteiger partial charge in [0.2, 0.25) is 0 Å². The Morgan fingerprint density at radius 2 is 1.48 bits per heavy atom. The van der Waals surface area contributed by atoms with Crippen molar-refractivity contribution in [1.82, 2.24) is 4.90 Å². The molecule has 1 aromatic carbocycles. The first kappa shape index (κ1) is 17.8. The summed E-state index contributed by atoms with van der Waals surface area (Å²) in [6.45, 7) is 7.13. The highest BCUT2D eigenvalue weighted by molar-refractivity contribution is 5.68. The van der Waals surface area contributed by atoms with E-state index >= 15 is 0 Å². The van der Waals surface area contributed by atoms with Crippen molar-refractivity contribution >= 4 is 11.4 Å². The van der Waals surface area contributed by atoms with Crippen LogP contribution in [-0.2, 0) is 4.74 Å². The summed E-state index contributed by atoms with van der Waals surface area (Å²) in [7, 11) is 0. The van der Waals surface area contributed by atoms with E-state index < -0.39 is 0 Å². The van der Waals surface area contributed by atoms with E-state index in [0.29, 0.717) is 5.41 Å². The summed E-state index contributed by atoms with van der Waals surface area (Å²) in [6.07, 6.45) is 8.99. The fourth-order valence-corrected chi connectivity index (χ4v) is 6.75. The van der Waals surface area contributed by atoms with E-state index in [-0.39, 0.29) is 0 Å². The maximum atomic E-state index is 5.44. The Morgan fingerprint density at radius 3 is 2.11 bits per heavy atom. The number of ether oxygens (including phenoxy) is 1. The third-order valence-electron chi connectivity index (χ3n) is 7.59. The molecule has 4 nitrogen and oxygen atoms in total. The Hall–Kier alpha value is -1.26. The number of para-hydroxylation sites is 2. The van der Waals surface area contributed by atoms with Crippen molar-refractivity contribution < 1.29 is 4.74 Å². The molecule has 0 aromatic heterocycles. The zero-order valence-electron chi connectivity index (χ0n) is 16.6. The highest BCUT2D eigenvalue weighted by Crippen LogP contribution is 2.59. The van der Waals surface area contributed by atoms with Gasteiger partial charge < -0.3 is 15.4 Å². The minimum absolute atomic E-state index is 0.579. The Labute approximate surface area is 164 Å². The lowest BCUT2D eigenvalue weighted by atomic mass is 9.49. The fourth-order valence-electron chi connectivity index (χ4n) is 6.75. The van der Waals surface area contributed by atoms with Crippen LogP contribution >= 0.6 is 0 Å². The smallest absolute Gasteiger partial charge is 0.0594 e. The molecule has 0 amide bonds. The highest BCUT2D eigenvalue weighted by atomic mass is 16.5. The van der Waals surface area contributed by atoms with Crippen LogP contribution in [0.4, 0.5) is 11.4 Å². The van der Waals surface area contributed by atoms with Crippen LogP contribution in [0, 0.1) is 23.2 Å². The van der Waals surface area contributed by atoms with Crippen molar-refractivity contribution in [2.24, 2.45) is 23.2 Å². The molecular weight excluding hydrogens is 334 g/mol. The van der Waals surface area contributed by atoms with Crippen LogP contribution in [0.25, 0.3) is 0 Å². The van der Waals surface area contributed by atoms with Gasteiger partial charge in [0.25, 0.3) is 0 Å². The van der Waals surface area contributed by atoms with Crippen molar-refractivity contribution in [3.05, 3.63) is 24.3 Å². The van der Waals surface area contributed by atoms with Crippen molar-refractivity contribution in [1.29, 1.82) is 0 Å². The first-order valence-electron chi connectivity index (χ1n) is 11.1. The van der Waals surface area contributed by atoms with Crippen molar-refractivity contribution in [3.8, 4) is 0 Å². The van der Waals surface area contributed by atoms with Gasteiger partial charge in [0, 0.05) is 32.7 Å². The fraction of sp³-hybridized carbons (Fsp3) is 0.739. The number of anilines is 2. The molecule has 0 unspecified atom stereocenters. The maximum Gasteiger partial charge on any atom is 0.0594 e. The molecule has 5 fully saturated rings. The predicted molar refractivity (Wildman–Crippen MR) is 111 cm³/mol. The number of nitrogens with zero attached hydrogens (tertiary/aromatic N) is 1. The Kier molecular flexibility index (Phi) is 5.04.